The van der Waals surface area contributed by atoms with Gasteiger partial charge in [0.05, 0.1) is 6.04 Å². The molecule has 0 fully saturated rings. The van der Waals surface area contributed by atoms with Gasteiger partial charge in [0.15, 0.2) is 5.82 Å². The third-order valence-electron chi connectivity index (χ3n) is 5.94. The molecular formula is C27H27N5O2S. The van der Waals surface area contributed by atoms with Gasteiger partial charge in [0, 0.05) is 5.69 Å². The van der Waals surface area contributed by atoms with Gasteiger partial charge in [0.2, 0.25) is 11.1 Å². The molecule has 4 aromatic rings. The van der Waals surface area contributed by atoms with E-state index < -0.39 is 5.25 Å². The van der Waals surface area contributed by atoms with Crippen LogP contribution in [0.3, 0.4) is 0 Å². The lowest BCUT2D eigenvalue weighted by Crippen LogP contribution is -2.41. The molecule has 0 aliphatic carbocycles. The van der Waals surface area contributed by atoms with Crippen molar-refractivity contribution in [3.8, 4) is 5.75 Å². The first-order chi connectivity index (χ1) is 17.1. The van der Waals surface area contributed by atoms with Crippen LogP contribution in [0.4, 0.5) is 5.69 Å². The number of rotatable bonds is 7. The Labute approximate surface area is 208 Å². The first-order valence-corrected chi connectivity index (χ1v) is 12.5. The third-order valence-corrected chi connectivity index (χ3v) is 7.15. The summed E-state index contributed by atoms with van der Waals surface area (Å²) in [6.45, 7) is 4.42. The number of nitrogens with one attached hydrogen (secondary N) is 2. The van der Waals surface area contributed by atoms with Gasteiger partial charge >= 0.3 is 0 Å². The summed E-state index contributed by atoms with van der Waals surface area (Å²) in [4.78, 5) is 13.4. The highest BCUT2D eigenvalue weighted by Gasteiger charge is 2.38. The number of aryl methyl sites for hydroxylation is 2. The number of amides is 1. The normalized spacial score (nSPS) is 16.7. The van der Waals surface area contributed by atoms with Crippen LogP contribution in [0.5, 0.6) is 5.75 Å². The van der Waals surface area contributed by atoms with Crippen LogP contribution in [-0.2, 0) is 17.8 Å². The van der Waals surface area contributed by atoms with E-state index in [2.05, 4.69) is 52.1 Å². The fraction of sp³-hybridized carbons (Fsp3) is 0.222. The molecule has 0 spiro atoms. The van der Waals surface area contributed by atoms with Gasteiger partial charge in [-0.1, -0.05) is 78.8 Å². The molecule has 1 aliphatic heterocycles. The number of hydrogen-bond acceptors (Lipinski definition) is 6. The summed E-state index contributed by atoms with van der Waals surface area (Å²) in [7, 11) is 0. The molecule has 2 heterocycles. The summed E-state index contributed by atoms with van der Waals surface area (Å²) in [5.41, 5.74) is 7.67. The summed E-state index contributed by atoms with van der Waals surface area (Å²) in [5.74, 6) is 1.31. The van der Waals surface area contributed by atoms with Gasteiger partial charge in [0.1, 0.15) is 17.6 Å². The molecule has 0 saturated carbocycles. The number of anilines is 1. The zero-order valence-electron chi connectivity index (χ0n) is 19.6. The Hall–Kier alpha value is -3.78. The number of carbonyl (C=O) groups excluding carboxylic acids is 1. The molecule has 3 aromatic carbocycles. The Bertz CT molecular complexity index is 1290. The number of nitrogens with zero attached hydrogens (tertiary/aromatic N) is 3. The van der Waals surface area contributed by atoms with Crippen molar-refractivity contribution in [3.05, 3.63) is 101 Å². The smallest absolute Gasteiger partial charge is 0.240 e. The maximum absolute atomic E-state index is 13.4. The molecule has 0 bridgehead atoms. The van der Waals surface area contributed by atoms with E-state index in [1.165, 1.54) is 17.3 Å². The SMILES string of the molecule is CCc1ccc(NC(=O)C2Sc3nnc(COc4ccccc4)n3NC2c2ccc(C)cc2)cc1. The van der Waals surface area contributed by atoms with Crippen molar-refractivity contribution in [2.24, 2.45) is 0 Å². The van der Waals surface area contributed by atoms with Crippen LogP contribution in [0.25, 0.3) is 0 Å². The average Bonchev–Trinajstić information content (AvgIpc) is 3.30. The lowest BCUT2D eigenvalue weighted by atomic mass is 10.0. The third kappa shape index (κ3) is 5.17. The fourth-order valence-electron chi connectivity index (χ4n) is 3.92. The second-order valence-electron chi connectivity index (χ2n) is 8.43. The Morgan fingerprint density at radius 1 is 1.03 bits per heavy atom. The first kappa shape index (κ1) is 23.0. The Morgan fingerprint density at radius 2 is 1.77 bits per heavy atom. The lowest BCUT2D eigenvalue weighted by Gasteiger charge is -2.33. The number of carbonyl (C=O) groups is 1. The van der Waals surface area contributed by atoms with E-state index >= 15 is 0 Å². The summed E-state index contributed by atoms with van der Waals surface area (Å²) in [6.07, 6.45) is 0.956. The highest BCUT2D eigenvalue weighted by atomic mass is 32.2. The van der Waals surface area contributed by atoms with Gasteiger partial charge in [-0.15, -0.1) is 10.2 Å². The topological polar surface area (TPSA) is 81.1 Å². The summed E-state index contributed by atoms with van der Waals surface area (Å²) >= 11 is 1.40. The highest BCUT2D eigenvalue weighted by Crippen LogP contribution is 2.37. The minimum absolute atomic E-state index is 0.0892. The summed E-state index contributed by atoms with van der Waals surface area (Å²) in [5, 5.41) is 11.9. The van der Waals surface area contributed by atoms with Crippen LogP contribution >= 0.6 is 11.8 Å². The number of benzene rings is 3. The Balaban J connectivity index is 1.40. The van der Waals surface area contributed by atoms with Crippen LogP contribution in [0.1, 0.15) is 35.5 Å². The molecule has 5 rings (SSSR count). The van der Waals surface area contributed by atoms with Gasteiger partial charge in [0.25, 0.3) is 0 Å². The Morgan fingerprint density at radius 3 is 2.49 bits per heavy atom. The maximum Gasteiger partial charge on any atom is 0.240 e. The van der Waals surface area contributed by atoms with Crippen molar-refractivity contribution in [1.29, 1.82) is 0 Å². The van der Waals surface area contributed by atoms with Gasteiger partial charge < -0.3 is 15.5 Å². The van der Waals surface area contributed by atoms with Crippen molar-refractivity contribution in [1.82, 2.24) is 14.9 Å². The van der Waals surface area contributed by atoms with Crippen LogP contribution in [0.15, 0.2) is 84.0 Å². The van der Waals surface area contributed by atoms with Crippen LogP contribution < -0.4 is 15.5 Å². The van der Waals surface area contributed by atoms with Gasteiger partial charge in [-0.2, -0.15) is 0 Å². The van der Waals surface area contributed by atoms with Crippen molar-refractivity contribution < 1.29 is 9.53 Å². The highest BCUT2D eigenvalue weighted by molar-refractivity contribution is 8.00. The molecule has 0 saturated heterocycles. The molecule has 2 unspecified atom stereocenters. The molecule has 1 aliphatic rings. The summed E-state index contributed by atoms with van der Waals surface area (Å²) < 4.78 is 7.72. The van der Waals surface area contributed by atoms with E-state index in [0.717, 1.165) is 29.0 Å². The molecule has 35 heavy (non-hydrogen) atoms. The Kier molecular flexibility index (Phi) is 6.72. The monoisotopic (exact) mass is 485 g/mol. The number of aromatic nitrogens is 3. The molecule has 7 nitrogen and oxygen atoms in total. The second kappa shape index (κ2) is 10.2. The van der Waals surface area contributed by atoms with E-state index in [9.17, 15) is 4.79 Å². The van der Waals surface area contributed by atoms with E-state index in [1.54, 1.807) is 0 Å². The predicted octanol–water partition coefficient (Wildman–Crippen LogP) is 5.13. The number of para-hydroxylation sites is 1. The van der Waals surface area contributed by atoms with E-state index in [4.69, 9.17) is 4.74 Å². The number of ether oxygens (including phenoxy) is 1. The van der Waals surface area contributed by atoms with Crippen LogP contribution in [0.2, 0.25) is 0 Å². The van der Waals surface area contributed by atoms with Crippen molar-refractivity contribution in [2.75, 3.05) is 10.7 Å². The van der Waals surface area contributed by atoms with Crippen molar-refractivity contribution >= 4 is 23.4 Å². The molecule has 0 radical (unpaired) electrons. The molecule has 2 atom stereocenters. The second-order valence-corrected chi connectivity index (χ2v) is 9.54. The number of fused-ring (bicyclic) bond motifs is 1. The standard InChI is InChI=1S/C27H27N5O2S/c1-3-19-11-15-21(16-12-19)28-26(33)25-24(20-13-9-18(2)10-14-20)31-32-23(29-30-27(32)35-25)17-34-22-7-5-4-6-8-22/h4-16,24-25,31H,3,17H2,1-2H3,(H,28,33). The minimum atomic E-state index is -0.442. The van der Waals surface area contributed by atoms with E-state index in [1.807, 2.05) is 66.2 Å². The lowest BCUT2D eigenvalue weighted by molar-refractivity contribution is -0.116. The largest absolute Gasteiger partial charge is 0.486 e. The van der Waals surface area contributed by atoms with Gasteiger partial charge in [-0.05, 0) is 48.7 Å². The van der Waals surface area contributed by atoms with E-state index in [0.29, 0.717) is 11.0 Å². The maximum atomic E-state index is 13.4. The molecule has 2 N–H and O–H groups in total. The quantitative estimate of drug-likeness (QED) is 0.378. The number of hydrogen-bond donors (Lipinski definition) is 2. The zero-order valence-corrected chi connectivity index (χ0v) is 20.5. The summed E-state index contributed by atoms with van der Waals surface area (Å²) in [6, 6.07) is 25.5. The first-order valence-electron chi connectivity index (χ1n) is 11.6. The zero-order chi connectivity index (χ0) is 24.2. The average molecular weight is 486 g/mol. The van der Waals surface area contributed by atoms with E-state index in [-0.39, 0.29) is 18.6 Å². The predicted molar refractivity (Wildman–Crippen MR) is 138 cm³/mol. The van der Waals surface area contributed by atoms with Crippen molar-refractivity contribution in [2.45, 2.75) is 43.3 Å². The minimum Gasteiger partial charge on any atom is -0.486 e. The molecule has 8 heteroatoms. The van der Waals surface area contributed by atoms with Crippen LogP contribution in [0, 0.1) is 6.92 Å². The fourth-order valence-corrected chi connectivity index (χ4v) is 5.02. The molecule has 1 aromatic heterocycles. The molecule has 1 amide bonds. The van der Waals surface area contributed by atoms with Gasteiger partial charge in [-0.25, -0.2) is 4.68 Å². The van der Waals surface area contributed by atoms with Gasteiger partial charge in [-0.3, -0.25) is 4.79 Å². The van der Waals surface area contributed by atoms with Crippen LogP contribution in [-0.4, -0.2) is 26.0 Å². The molecular weight excluding hydrogens is 458 g/mol. The number of thioether (sulfide) groups is 1. The molecule has 178 valence electrons. The van der Waals surface area contributed by atoms with Crippen molar-refractivity contribution in [3.63, 3.8) is 0 Å².